The smallest absolute Gasteiger partial charge is 0.236 e. The van der Waals surface area contributed by atoms with Crippen LogP contribution < -0.4 is 4.90 Å². The van der Waals surface area contributed by atoms with E-state index < -0.39 is 0 Å². The Morgan fingerprint density at radius 3 is 2.48 bits per heavy atom. The summed E-state index contributed by atoms with van der Waals surface area (Å²) in [5.74, 6) is 0.318. The zero-order valence-electron chi connectivity index (χ0n) is 14.3. The van der Waals surface area contributed by atoms with Crippen molar-refractivity contribution in [3.05, 3.63) is 30.3 Å². The van der Waals surface area contributed by atoms with E-state index >= 15 is 0 Å². The average Bonchev–Trinajstić information content (AvgIpc) is 2.63. The molecule has 1 unspecified atom stereocenters. The number of piperazine rings is 1. The number of nitrogens with zero attached hydrogens (tertiary/aromatic N) is 3. The number of hydrogen-bond acceptors (Lipinski definition) is 3. The Kier molecular flexibility index (Phi) is 5.55. The molecule has 1 aromatic carbocycles. The standard InChI is InChI=1S/C19H29N3O/c1-2-17-8-6-7-11-22(17)16-19(23)21-14-12-20(13-15-21)18-9-4-3-5-10-18/h3-5,9-10,17H,2,6-8,11-16H2,1H3. The molecule has 23 heavy (non-hydrogen) atoms. The second-order valence-electron chi connectivity index (χ2n) is 6.73. The van der Waals surface area contributed by atoms with Gasteiger partial charge in [-0.3, -0.25) is 9.69 Å². The van der Waals surface area contributed by atoms with Crippen LogP contribution in [0, 0.1) is 0 Å². The summed E-state index contributed by atoms with van der Waals surface area (Å²) in [5, 5.41) is 0. The molecule has 4 nitrogen and oxygen atoms in total. The Bertz CT molecular complexity index is 497. The largest absolute Gasteiger partial charge is 0.368 e. The van der Waals surface area contributed by atoms with E-state index in [1.165, 1.54) is 24.9 Å². The highest BCUT2D eigenvalue weighted by molar-refractivity contribution is 5.78. The number of hydrogen-bond donors (Lipinski definition) is 0. The monoisotopic (exact) mass is 315 g/mol. The predicted molar refractivity (Wildman–Crippen MR) is 94.7 cm³/mol. The second kappa shape index (κ2) is 7.82. The van der Waals surface area contributed by atoms with Gasteiger partial charge in [0, 0.05) is 37.9 Å². The minimum absolute atomic E-state index is 0.318. The van der Waals surface area contributed by atoms with Crippen LogP contribution >= 0.6 is 0 Å². The van der Waals surface area contributed by atoms with Gasteiger partial charge in [0.25, 0.3) is 0 Å². The van der Waals surface area contributed by atoms with Gasteiger partial charge in [0.1, 0.15) is 0 Å². The molecule has 3 rings (SSSR count). The molecule has 0 radical (unpaired) electrons. The molecular formula is C19H29N3O. The zero-order chi connectivity index (χ0) is 16.1. The highest BCUT2D eigenvalue weighted by Crippen LogP contribution is 2.20. The summed E-state index contributed by atoms with van der Waals surface area (Å²) in [7, 11) is 0. The number of carbonyl (C=O) groups excluding carboxylic acids is 1. The molecule has 1 atom stereocenters. The summed E-state index contributed by atoms with van der Waals surface area (Å²) in [6.45, 7) is 7.51. The molecule has 2 saturated heterocycles. The highest BCUT2D eigenvalue weighted by Gasteiger charge is 2.26. The van der Waals surface area contributed by atoms with Gasteiger partial charge in [-0.1, -0.05) is 31.5 Å². The topological polar surface area (TPSA) is 26.8 Å². The number of para-hydroxylation sites is 1. The van der Waals surface area contributed by atoms with E-state index in [4.69, 9.17) is 0 Å². The van der Waals surface area contributed by atoms with Crippen molar-refractivity contribution in [1.29, 1.82) is 0 Å². The van der Waals surface area contributed by atoms with Gasteiger partial charge >= 0.3 is 0 Å². The minimum atomic E-state index is 0.318. The molecule has 2 aliphatic heterocycles. The maximum atomic E-state index is 12.6. The quantitative estimate of drug-likeness (QED) is 0.854. The number of rotatable bonds is 4. The van der Waals surface area contributed by atoms with Crippen LogP contribution in [0.15, 0.2) is 30.3 Å². The van der Waals surface area contributed by atoms with Gasteiger partial charge in [0.15, 0.2) is 0 Å². The minimum Gasteiger partial charge on any atom is -0.368 e. The number of amides is 1. The van der Waals surface area contributed by atoms with Crippen molar-refractivity contribution < 1.29 is 4.79 Å². The third-order valence-corrected chi connectivity index (χ3v) is 5.31. The Balaban J connectivity index is 1.50. The molecule has 0 bridgehead atoms. The van der Waals surface area contributed by atoms with E-state index in [2.05, 4.69) is 45.9 Å². The van der Waals surface area contributed by atoms with Gasteiger partial charge < -0.3 is 9.80 Å². The normalized spacial score (nSPS) is 23.1. The Labute approximate surface area is 140 Å². The van der Waals surface area contributed by atoms with E-state index in [1.54, 1.807) is 0 Å². The first-order valence-corrected chi connectivity index (χ1v) is 9.09. The molecule has 2 aliphatic rings. The Hall–Kier alpha value is -1.55. The molecule has 0 aliphatic carbocycles. The molecule has 1 amide bonds. The number of piperidine rings is 1. The third-order valence-electron chi connectivity index (χ3n) is 5.31. The number of carbonyl (C=O) groups is 1. The zero-order valence-corrected chi connectivity index (χ0v) is 14.3. The maximum absolute atomic E-state index is 12.6. The third kappa shape index (κ3) is 4.05. The Morgan fingerprint density at radius 1 is 1.04 bits per heavy atom. The lowest BCUT2D eigenvalue weighted by Gasteiger charge is -2.39. The molecule has 1 aromatic rings. The lowest BCUT2D eigenvalue weighted by Crippen LogP contribution is -2.53. The van der Waals surface area contributed by atoms with Crippen LogP contribution in [-0.2, 0) is 4.79 Å². The summed E-state index contributed by atoms with van der Waals surface area (Å²) in [6.07, 6.45) is 4.98. The van der Waals surface area contributed by atoms with Gasteiger partial charge in [0.05, 0.1) is 6.54 Å². The summed E-state index contributed by atoms with van der Waals surface area (Å²) >= 11 is 0. The lowest BCUT2D eigenvalue weighted by molar-refractivity contribution is -0.133. The van der Waals surface area contributed by atoms with Crippen LogP contribution in [0.1, 0.15) is 32.6 Å². The molecule has 126 valence electrons. The van der Waals surface area contributed by atoms with Crippen LogP contribution in [0.25, 0.3) is 0 Å². The van der Waals surface area contributed by atoms with E-state index in [0.717, 1.165) is 39.1 Å². The Morgan fingerprint density at radius 2 is 1.78 bits per heavy atom. The van der Waals surface area contributed by atoms with Crippen molar-refractivity contribution in [2.24, 2.45) is 0 Å². The SMILES string of the molecule is CCC1CCCCN1CC(=O)N1CCN(c2ccccc2)CC1. The van der Waals surface area contributed by atoms with Crippen LogP contribution in [0.3, 0.4) is 0 Å². The van der Waals surface area contributed by atoms with Crippen LogP contribution in [0.5, 0.6) is 0 Å². The van der Waals surface area contributed by atoms with Crippen molar-refractivity contribution in [3.8, 4) is 0 Å². The molecule has 0 aromatic heterocycles. The van der Waals surface area contributed by atoms with Gasteiger partial charge in [0.2, 0.25) is 5.91 Å². The number of likely N-dealkylation sites (tertiary alicyclic amines) is 1. The fraction of sp³-hybridized carbons (Fsp3) is 0.632. The molecule has 0 saturated carbocycles. The van der Waals surface area contributed by atoms with Gasteiger partial charge in [-0.15, -0.1) is 0 Å². The number of benzene rings is 1. The van der Waals surface area contributed by atoms with E-state index in [0.29, 0.717) is 18.5 Å². The molecule has 2 heterocycles. The van der Waals surface area contributed by atoms with Crippen molar-refractivity contribution in [3.63, 3.8) is 0 Å². The first kappa shape index (κ1) is 16.3. The highest BCUT2D eigenvalue weighted by atomic mass is 16.2. The fourth-order valence-corrected chi connectivity index (χ4v) is 3.86. The lowest BCUT2D eigenvalue weighted by atomic mass is 10.00. The first-order chi connectivity index (χ1) is 11.3. The predicted octanol–water partition coefficient (Wildman–Crippen LogP) is 2.60. The summed E-state index contributed by atoms with van der Waals surface area (Å²) in [5.41, 5.74) is 1.27. The van der Waals surface area contributed by atoms with Crippen molar-refractivity contribution in [1.82, 2.24) is 9.80 Å². The van der Waals surface area contributed by atoms with Crippen LogP contribution in [0.4, 0.5) is 5.69 Å². The maximum Gasteiger partial charge on any atom is 0.236 e. The molecule has 4 heteroatoms. The number of anilines is 1. The van der Waals surface area contributed by atoms with Crippen molar-refractivity contribution >= 4 is 11.6 Å². The molecule has 2 fully saturated rings. The van der Waals surface area contributed by atoms with Crippen molar-refractivity contribution in [2.75, 3.05) is 44.2 Å². The van der Waals surface area contributed by atoms with Gasteiger partial charge in [-0.2, -0.15) is 0 Å². The first-order valence-electron chi connectivity index (χ1n) is 9.09. The fourth-order valence-electron chi connectivity index (χ4n) is 3.86. The van der Waals surface area contributed by atoms with E-state index in [9.17, 15) is 4.79 Å². The molecule has 0 N–H and O–H groups in total. The summed E-state index contributed by atoms with van der Waals surface area (Å²) < 4.78 is 0. The second-order valence-corrected chi connectivity index (χ2v) is 6.73. The summed E-state index contributed by atoms with van der Waals surface area (Å²) in [6, 6.07) is 11.1. The van der Waals surface area contributed by atoms with E-state index in [1.807, 2.05) is 6.07 Å². The summed E-state index contributed by atoms with van der Waals surface area (Å²) in [4.78, 5) is 19.5. The van der Waals surface area contributed by atoms with E-state index in [-0.39, 0.29) is 0 Å². The van der Waals surface area contributed by atoms with Crippen LogP contribution in [-0.4, -0.2) is 61.0 Å². The average molecular weight is 315 g/mol. The van der Waals surface area contributed by atoms with Gasteiger partial charge in [-0.25, -0.2) is 0 Å². The molecule has 0 spiro atoms. The van der Waals surface area contributed by atoms with Crippen molar-refractivity contribution in [2.45, 2.75) is 38.6 Å². The van der Waals surface area contributed by atoms with Gasteiger partial charge in [-0.05, 0) is 37.9 Å². The molecular weight excluding hydrogens is 286 g/mol. The van der Waals surface area contributed by atoms with Crippen LogP contribution in [0.2, 0.25) is 0 Å².